The van der Waals surface area contributed by atoms with Crippen molar-refractivity contribution in [1.82, 2.24) is 15.2 Å². The molecule has 3 rings (SSSR count). The molecule has 2 saturated heterocycles. The highest BCUT2D eigenvalue weighted by Gasteiger charge is 2.26. The van der Waals surface area contributed by atoms with Gasteiger partial charge in [0.2, 0.25) is 5.91 Å². The molecule has 0 radical (unpaired) electrons. The Kier molecular flexibility index (Phi) is 8.76. The van der Waals surface area contributed by atoms with Crippen LogP contribution in [0, 0.1) is 12.8 Å². The minimum Gasteiger partial charge on any atom is -0.359 e. The summed E-state index contributed by atoms with van der Waals surface area (Å²) >= 11 is 6.34. The van der Waals surface area contributed by atoms with Crippen LogP contribution in [-0.2, 0) is 14.8 Å². The summed E-state index contributed by atoms with van der Waals surface area (Å²) in [6, 6.07) is 1.92. The number of hydrogen-bond acceptors (Lipinski definition) is 5. The van der Waals surface area contributed by atoms with Crippen LogP contribution in [0.15, 0.2) is 16.7 Å². The lowest BCUT2D eigenvalue weighted by molar-refractivity contribution is -0.125. The lowest BCUT2D eigenvalue weighted by Gasteiger charge is -2.32. The minimum absolute atomic E-state index is 0.00369. The Balaban J connectivity index is 1.43. The average molecular weight is 484 g/mol. The first-order chi connectivity index (χ1) is 15.2. The van der Waals surface area contributed by atoms with Gasteiger partial charge in [-0.05, 0) is 50.7 Å². The molecule has 10 heteroatoms. The number of hydrogen-bond donors (Lipinski definition) is 1. The third kappa shape index (κ3) is 7.33. The van der Waals surface area contributed by atoms with Gasteiger partial charge in [-0.15, -0.1) is 0 Å². The number of piperidine rings is 1. The number of amides is 1. The molecule has 0 aliphatic carbocycles. The summed E-state index contributed by atoms with van der Waals surface area (Å²) in [6.45, 7) is 5.57. The number of carbonyl (C=O) groups is 1. The first-order valence-corrected chi connectivity index (χ1v) is 13.6. The molecule has 2 aliphatic heterocycles. The third-order valence-electron chi connectivity index (χ3n) is 5.99. The number of likely N-dealkylation sites (tertiary alicyclic amines) is 1. The zero-order chi connectivity index (χ0) is 23.1. The molecule has 2 aliphatic rings. The number of anilines is 1. The Hall–Kier alpha value is -1.87. The van der Waals surface area contributed by atoms with Gasteiger partial charge >= 0.3 is 0 Å². The van der Waals surface area contributed by atoms with E-state index in [4.69, 9.17) is 11.6 Å². The average Bonchev–Trinajstić information content (AvgIpc) is 2.95. The highest BCUT2D eigenvalue weighted by atomic mass is 35.5. The van der Waals surface area contributed by atoms with Gasteiger partial charge in [0.15, 0.2) is 0 Å². The second-order valence-corrected chi connectivity index (χ2v) is 10.8. The van der Waals surface area contributed by atoms with Gasteiger partial charge in [-0.25, -0.2) is 13.4 Å². The summed E-state index contributed by atoms with van der Waals surface area (Å²) < 4.78 is 27.2. The van der Waals surface area contributed by atoms with Crippen LogP contribution in [0.1, 0.15) is 50.5 Å². The number of carbonyl (C=O) groups excluding carboxylic acids is 1. The summed E-state index contributed by atoms with van der Waals surface area (Å²) in [5, 5.41) is 3.71. The van der Waals surface area contributed by atoms with Crippen LogP contribution in [-0.4, -0.2) is 69.0 Å². The van der Waals surface area contributed by atoms with Crippen LogP contribution < -0.4 is 10.2 Å². The van der Waals surface area contributed by atoms with Crippen molar-refractivity contribution in [2.75, 3.05) is 43.9 Å². The van der Waals surface area contributed by atoms with Crippen molar-refractivity contribution in [3.05, 3.63) is 22.8 Å². The Morgan fingerprint density at radius 2 is 2.00 bits per heavy atom. The van der Waals surface area contributed by atoms with Crippen molar-refractivity contribution in [1.29, 1.82) is 0 Å². The molecule has 0 unspecified atom stereocenters. The number of amidine groups is 1. The molecule has 8 nitrogen and oxygen atoms in total. The van der Waals surface area contributed by atoms with E-state index in [1.165, 1.54) is 0 Å². The fourth-order valence-electron chi connectivity index (χ4n) is 4.32. The summed E-state index contributed by atoms with van der Waals surface area (Å²) in [4.78, 5) is 21.3. The van der Waals surface area contributed by atoms with Crippen LogP contribution in [0.5, 0.6) is 0 Å². The largest absolute Gasteiger partial charge is 0.359 e. The van der Waals surface area contributed by atoms with Crippen LogP contribution in [0.3, 0.4) is 0 Å². The molecule has 0 spiro atoms. The van der Waals surface area contributed by atoms with E-state index in [9.17, 15) is 13.2 Å². The molecule has 2 fully saturated rings. The normalized spacial score (nSPS) is 19.8. The molecule has 0 atom stereocenters. The lowest BCUT2D eigenvalue weighted by Crippen LogP contribution is -2.41. The molecule has 178 valence electrons. The maximum absolute atomic E-state index is 12.6. The molecule has 3 heterocycles. The second kappa shape index (κ2) is 11.3. The molecular weight excluding hydrogens is 450 g/mol. The third-order valence-corrected chi connectivity index (χ3v) is 6.81. The number of rotatable bonds is 7. The zero-order valence-corrected chi connectivity index (χ0v) is 20.6. The standard InChI is InChI=1S/C22H34ClN5O3S/c1-17-15-19(23)21(25-16-17)28-13-8-18(9-14-28)22(29)24-10-6-12-27-11-5-3-4-7-20(27)26-32(2,30)31/h15-16,18H,3-14H2,1-2H3,(H,24,29)/b26-20-. The molecule has 1 aromatic heterocycles. The van der Waals surface area contributed by atoms with E-state index in [2.05, 4.69) is 24.5 Å². The highest BCUT2D eigenvalue weighted by Crippen LogP contribution is 2.28. The predicted octanol–water partition coefficient (Wildman–Crippen LogP) is 3.00. The van der Waals surface area contributed by atoms with Crippen LogP contribution >= 0.6 is 11.6 Å². The van der Waals surface area contributed by atoms with E-state index < -0.39 is 10.0 Å². The Morgan fingerprint density at radius 1 is 1.25 bits per heavy atom. The van der Waals surface area contributed by atoms with Crippen LogP contribution in [0.25, 0.3) is 0 Å². The van der Waals surface area contributed by atoms with Gasteiger partial charge in [0.25, 0.3) is 10.0 Å². The number of aromatic nitrogens is 1. The number of aryl methyl sites for hydroxylation is 1. The molecule has 1 aromatic rings. The van der Waals surface area contributed by atoms with Crippen molar-refractivity contribution < 1.29 is 13.2 Å². The zero-order valence-electron chi connectivity index (χ0n) is 19.0. The summed E-state index contributed by atoms with van der Waals surface area (Å²) in [7, 11) is -3.40. The Morgan fingerprint density at radius 3 is 2.69 bits per heavy atom. The smallest absolute Gasteiger partial charge is 0.251 e. The van der Waals surface area contributed by atoms with Crippen LogP contribution in [0.4, 0.5) is 5.82 Å². The summed E-state index contributed by atoms with van der Waals surface area (Å²) in [6.07, 6.45) is 9.03. The van der Waals surface area contributed by atoms with Gasteiger partial charge in [-0.2, -0.15) is 4.40 Å². The number of nitrogens with zero attached hydrogens (tertiary/aromatic N) is 4. The SMILES string of the molecule is Cc1cnc(N2CCC(C(=O)NCCCN3CCCCC/C3=N/S(C)(=O)=O)CC2)c(Cl)c1. The van der Waals surface area contributed by atoms with Gasteiger partial charge in [-0.3, -0.25) is 4.79 Å². The predicted molar refractivity (Wildman–Crippen MR) is 129 cm³/mol. The molecule has 32 heavy (non-hydrogen) atoms. The van der Waals surface area contributed by atoms with Gasteiger partial charge in [0, 0.05) is 51.3 Å². The Bertz CT molecular complexity index is 929. The van der Waals surface area contributed by atoms with E-state index in [0.29, 0.717) is 30.4 Å². The summed E-state index contributed by atoms with van der Waals surface area (Å²) in [5.41, 5.74) is 1.03. The number of sulfonamides is 1. The van der Waals surface area contributed by atoms with E-state index in [-0.39, 0.29) is 11.8 Å². The van der Waals surface area contributed by atoms with Crippen LogP contribution in [0.2, 0.25) is 5.02 Å². The number of nitrogens with one attached hydrogen (secondary N) is 1. The number of halogens is 1. The molecule has 0 aromatic carbocycles. The van der Waals surface area contributed by atoms with Crippen molar-refractivity contribution in [2.45, 2.75) is 51.9 Å². The second-order valence-electron chi connectivity index (χ2n) is 8.76. The van der Waals surface area contributed by atoms with Crippen molar-refractivity contribution >= 4 is 39.2 Å². The summed E-state index contributed by atoms with van der Waals surface area (Å²) in [5.74, 6) is 1.54. The maximum atomic E-state index is 12.6. The minimum atomic E-state index is -3.40. The van der Waals surface area contributed by atoms with Gasteiger partial charge in [0.05, 0.1) is 11.3 Å². The molecule has 1 N–H and O–H groups in total. The van der Waals surface area contributed by atoms with E-state index in [1.54, 1.807) is 0 Å². The van der Waals surface area contributed by atoms with Gasteiger partial charge < -0.3 is 15.1 Å². The van der Waals surface area contributed by atoms with E-state index in [1.807, 2.05) is 19.2 Å². The van der Waals surface area contributed by atoms with Crippen molar-refractivity contribution in [3.63, 3.8) is 0 Å². The first kappa shape index (κ1) is 24.8. The Labute approximate surface area is 196 Å². The molecule has 1 amide bonds. The van der Waals surface area contributed by atoms with Crippen molar-refractivity contribution in [3.8, 4) is 0 Å². The van der Waals surface area contributed by atoms with E-state index in [0.717, 1.165) is 75.8 Å². The van der Waals surface area contributed by atoms with E-state index >= 15 is 0 Å². The van der Waals surface area contributed by atoms with Crippen molar-refractivity contribution in [2.24, 2.45) is 10.3 Å². The maximum Gasteiger partial charge on any atom is 0.251 e. The monoisotopic (exact) mass is 483 g/mol. The molecular formula is C22H34ClN5O3S. The molecule has 0 saturated carbocycles. The topological polar surface area (TPSA) is 95.0 Å². The highest BCUT2D eigenvalue weighted by molar-refractivity contribution is 7.89. The van der Waals surface area contributed by atoms with Gasteiger partial charge in [0.1, 0.15) is 11.7 Å². The lowest BCUT2D eigenvalue weighted by atomic mass is 9.96. The fourth-order valence-corrected chi connectivity index (χ4v) is 5.25. The molecule has 0 bridgehead atoms. The van der Waals surface area contributed by atoms with Gasteiger partial charge in [-0.1, -0.05) is 18.0 Å². The fraction of sp³-hybridized carbons (Fsp3) is 0.682. The first-order valence-electron chi connectivity index (χ1n) is 11.4. The number of pyridine rings is 1. The quantitative estimate of drug-likeness (QED) is 0.599.